The molecule has 1 aliphatic carbocycles. The van der Waals surface area contributed by atoms with E-state index in [0.29, 0.717) is 11.3 Å². The number of carbonyl (C=O) groups excluding carboxylic acids is 2. The molecular formula is C21H23FN2O3. The largest absolute Gasteiger partial charge is 0.467 e. The van der Waals surface area contributed by atoms with Crippen molar-refractivity contribution < 1.29 is 18.4 Å². The van der Waals surface area contributed by atoms with Crippen LogP contribution in [0.3, 0.4) is 0 Å². The number of hydrogen-bond donors (Lipinski definition) is 0. The highest BCUT2D eigenvalue weighted by atomic mass is 19.1. The van der Waals surface area contributed by atoms with Crippen molar-refractivity contribution in [3.63, 3.8) is 0 Å². The van der Waals surface area contributed by atoms with Crippen molar-refractivity contribution >= 4 is 11.8 Å². The first-order valence-electron chi connectivity index (χ1n) is 9.51. The molecular weight excluding hydrogens is 347 g/mol. The molecule has 6 heteroatoms. The summed E-state index contributed by atoms with van der Waals surface area (Å²) in [6, 6.07) is 8.74. The van der Waals surface area contributed by atoms with Crippen LogP contribution in [0.4, 0.5) is 4.39 Å². The molecule has 5 nitrogen and oxygen atoms in total. The fourth-order valence-electron chi connectivity index (χ4n) is 4.17. The second-order valence-electron chi connectivity index (χ2n) is 7.31. The van der Waals surface area contributed by atoms with E-state index >= 15 is 0 Å². The fourth-order valence-corrected chi connectivity index (χ4v) is 4.17. The minimum atomic E-state index is -0.751. The van der Waals surface area contributed by atoms with E-state index < -0.39 is 6.04 Å². The molecule has 1 atom stereocenters. The van der Waals surface area contributed by atoms with Crippen LogP contribution in [0.25, 0.3) is 0 Å². The SMILES string of the molecule is O=C1C(c2ccc(F)cc2)N(Cc2ccco2)C(=O)CN1C1CCCCC1. The number of piperazine rings is 1. The highest BCUT2D eigenvalue weighted by molar-refractivity contribution is 5.95. The minimum Gasteiger partial charge on any atom is -0.467 e. The molecule has 0 bridgehead atoms. The lowest BCUT2D eigenvalue weighted by molar-refractivity contribution is -0.160. The van der Waals surface area contributed by atoms with E-state index in [9.17, 15) is 14.0 Å². The number of nitrogens with zero attached hydrogens (tertiary/aromatic N) is 2. The van der Waals surface area contributed by atoms with Crippen LogP contribution in [0.2, 0.25) is 0 Å². The van der Waals surface area contributed by atoms with Crippen LogP contribution >= 0.6 is 0 Å². The maximum absolute atomic E-state index is 13.4. The van der Waals surface area contributed by atoms with E-state index in [2.05, 4.69) is 0 Å². The topological polar surface area (TPSA) is 53.8 Å². The molecule has 4 rings (SSSR count). The third-order valence-electron chi connectivity index (χ3n) is 5.56. The summed E-state index contributed by atoms with van der Waals surface area (Å²) in [5, 5.41) is 0. The number of benzene rings is 1. The summed E-state index contributed by atoms with van der Waals surface area (Å²) in [6.07, 6.45) is 6.77. The van der Waals surface area contributed by atoms with Crippen LogP contribution in [-0.4, -0.2) is 34.2 Å². The van der Waals surface area contributed by atoms with Gasteiger partial charge in [-0.3, -0.25) is 9.59 Å². The first-order chi connectivity index (χ1) is 13.1. The van der Waals surface area contributed by atoms with Crippen molar-refractivity contribution in [3.8, 4) is 0 Å². The zero-order valence-electron chi connectivity index (χ0n) is 15.1. The second kappa shape index (κ2) is 7.55. The van der Waals surface area contributed by atoms with Crippen molar-refractivity contribution in [3.05, 3.63) is 59.8 Å². The molecule has 1 aromatic heterocycles. The quantitative estimate of drug-likeness (QED) is 0.825. The summed E-state index contributed by atoms with van der Waals surface area (Å²) in [5.41, 5.74) is 0.627. The zero-order chi connectivity index (χ0) is 18.8. The Labute approximate surface area is 157 Å². The van der Waals surface area contributed by atoms with Gasteiger partial charge in [0.1, 0.15) is 24.2 Å². The van der Waals surface area contributed by atoms with Crippen molar-refractivity contribution in [1.82, 2.24) is 9.80 Å². The Morgan fingerprint density at radius 2 is 1.78 bits per heavy atom. The van der Waals surface area contributed by atoms with Gasteiger partial charge in [-0.05, 0) is 42.7 Å². The van der Waals surface area contributed by atoms with Gasteiger partial charge in [0, 0.05) is 6.04 Å². The lowest BCUT2D eigenvalue weighted by Gasteiger charge is -2.44. The van der Waals surface area contributed by atoms with Gasteiger partial charge in [0.25, 0.3) is 5.91 Å². The number of halogens is 1. The highest BCUT2D eigenvalue weighted by Gasteiger charge is 2.43. The standard InChI is InChI=1S/C21H23FN2O3/c22-16-10-8-15(9-11-16)20-21(26)23(17-5-2-1-3-6-17)14-19(25)24(20)13-18-7-4-12-27-18/h4,7-12,17,20H,1-3,5-6,13-14H2. The van der Waals surface area contributed by atoms with Gasteiger partial charge in [0.05, 0.1) is 12.8 Å². The van der Waals surface area contributed by atoms with Gasteiger partial charge in [-0.1, -0.05) is 31.4 Å². The minimum absolute atomic E-state index is 0.0836. The van der Waals surface area contributed by atoms with Crippen LogP contribution in [0.15, 0.2) is 47.1 Å². The van der Waals surface area contributed by atoms with Crippen LogP contribution in [0.1, 0.15) is 49.5 Å². The molecule has 2 aliphatic rings. The molecule has 0 N–H and O–H groups in total. The average Bonchev–Trinajstić information content (AvgIpc) is 3.20. The van der Waals surface area contributed by atoms with Gasteiger partial charge in [-0.2, -0.15) is 0 Å². The molecule has 142 valence electrons. The van der Waals surface area contributed by atoms with E-state index in [1.165, 1.54) is 18.6 Å². The molecule has 27 heavy (non-hydrogen) atoms. The van der Waals surface area contributed by atoms with Gasteiger partial charge in [-0.15, -0.1) is 0 Å². The van der Waals surface area contributed by atoms with Crippen molar-refractivity contribution in [2.75, 3.05) is 6.54 Å². The van der Waals surface area contributed by atoms with Gasteiger partial charge in [-0.25, -0.2) is 4.39 Å². The van der Waals surface area contributed by atoms with Gasteiger partial charge in [0.2, 0.25) is 5.91 Å². The number of rotatable bonds is 4. The molecule has 0 spiro atoms. The summed E-state index contributed by atoms with van der Waals surface area (Å²) < 4.78 is 18.8. The third kappa shape index (κ3) is 3.61. The molecule has 2 heterocycles. The molecule has 1 saturated heterocycles. The van der Waals surface area contributed by atoms with Crippen molar-refractivity contribution in [2.45, 2.75) is 50.7 Å². The Kier molecular flexibility index (Phi) is 4.97. The molecule has 1 aromatic carbocycles. The van der Waals surface area contributed by atoms with Gasteiger partial charge < -0.3 is 14.2 Å². The van der Waals surface area contributed by atoms with E-state index in [-0.39, 0.29) is 36.8 Å². The van der Waals surface area contributed by atoms with E-state index in [1.807, 2.05) is 0 Å². The Morgan fingerprint density at radius 3 is 2.44 bits per heavy atom. The molecule has 2 fully saturated rings. The number of furan rings is 1. The number of carbonyl (C=O) groups is 2. The highest BCUT2D eigenvalue weighted by Crippen LogP contribution is 2.33. The van der Waals surface area contributed by atoms with Crippen LogP contribution < -0.4 is 0 Å². The molecule has 0 radical (unpaired) electrons. The van der Waals surface area contributed by atoms with E-state index in [0.717, 1.165) is 25.7 Å². The predicted octanol–water partition coefficient (Wildman–Crippen LogP) is 3.66. The summed E-state index contributed by atoms with van der Waals surface area (Å²) in [6.45, 7) is 0.319. The van der Waals surface area contributed by atoms with Crippen LogP contribution in [0.5, 0.6) is 0 Å². The van der Waals surface area contributed by atoms with Gasteiger partial charge in [0.15, 0.2) is 0 Å². The smallest absolute Gasteiger partial charge is 0.250 e. The van der Waals surface area contributed by atoms with Crippen molar-refractivity contribution in [1.29, 1.82) is 0 Å². The monoisotopic (exact) mass is 370 g/mol. The second-order valence-corrected chi connectivity index (χ2v) is 7.31. The zero-order valence-corrected chi connectivity index (χ0v) is 15.1. The first kappa shape index (κ1) is 17.8. The maximum Gasteiger partial charge on any atom is 0.250 e. The molecule has 1 unspecified atom stereocenters. The van der Waals surface area contributed by atoms with Crippen molar-refractivity contribution in [2.24, 2.45) is 0 Å². The van der Waals surface area contributed by atoms with Crippen LogP contribution in [0, 0.1) is 5.82 Å². The average molecular weight is 370 g/mol. The molecule has 2 aromatic rings. The predicted molar refractivity (Wildman–Crippen MR) is 97.0 cm³/mol. The Balaban J connectivity index is 1.67. The summed E-state index contributed by atoms with van der Waals surface area (Å²) in [5.74, 6) is 0.0648. The lowest BCUT2D eigenvalue weighted by Crippen LogP contribution is -2.58. The molecule has 2 amide bonds. The molecule has 1 saturated carbocycles. The van der Waals surface area contributed by atoms with Gasteiger partial charge >= 0.3 is 0 Å². The van der Waals surface area contributed by atoms with E-state index in [1.54, 1.807) is 40.3 Å². The number of amides is 2. The molecule has 1 aliphatic heterocycles. The normalized spacial score (nSPS) is 21.7. The Morgan fingerprint density at radius 1 is 1.04 bits per heavy atom. The first-order valence-corrected chi connectivity index (χ1v) is 9.51. The Hall–Kier alpha value is -2.63. The Bertz CT molecular complexity index is 797. The van der Waals surface area contributed by atoms with Crippen LogP contribution in [-0.2, 0) is 16.1 Å². The third-order valence-corrected chi connectivity index (χ3v) is 5.56. The maximum atomic E-state index is 13.4. The summed E-state index contributed by atoms with van der Waals surface area (Å²) in [4.78, 5) is 29.7. The summed E-state index contributed by atoms with van der Waals surface area (Å²) in [7, 11) is 0. The fraction of sp³-hybridized carbons (Fsp3) is 0.429. The van der Waals surface area contributed by atoms with E-state index in [4.69, 9.17) is 4.42 Å². The summed E-state index contributed by atoms with van der Waals surface area (Å²) >= 11 is 0. The number of hydrogen-bond acceptors (Lipinski definition) is 3. The lowest BCUT2D eigenvalue weighted by atomic mass is 9.91.